The SMILES string of the molecule is COc1cc(C#N)ccc1OCCCC(=O)OCc1cc(=O)n2cc(C)ccc2n1. The number of methoxy groups -OCH3 is 1. The fourth-order valence-electron chi connectivity index (χ4n) is 2.81. The molecule has 0 bridgehead atoms. The van der Waals surface area contributed by atoms with E-state index in [0.717, 1.165) is 5.56 Å². The highest BCUT2D eigenvalue weighted by Gasteiger charge is 2.09. The van der Waals surface area contributed by atoms with Gasteiger partial charge in [0, 0.05) is 24.8 Å². The molecule has 2 heterocycles. The molecular formula is C22H21N3O5. The second kappa shape index (κ2) is 9.56. The van der Waals surface area contributed by atoms with E-state index in [1.54, 1.807) is 30.5 Å². The molecule has 0 amide bonds. The van der Waals surface area contributed by atoms with Crippen LogP contribution in [0.5, 0.6) is 11.5 Å². The Bertz CT molecular complexity index is 1160. The lowest BCUT2D eigenvalue weighted by Gasteiger charge is -2.10. The highest BCUT2D eigenvalue weighted by molar-refractivity contribution is 5.69. The number of fused-ring (bicyclic) bond motifs is 1. The first-order chi connectivity index (χ1) is 14.5. The normalized spacial score (nSPS) is 10.4. The van der Waals surface area contributed by atoms with Crippen molar-refractivity contribution in [3.8, 4) is 17.6 Å². The molecule has 154 valence electrons. The number of carbonyl (C=O) groups excluding carboxylic acids is 1. The average molecular weight is 407 g/mol. The van der Waals surface area contributed by atoms with Crippen molar-refractivity contribution in [2.75, 3.05) is 13.7 Å². The first-order valence-corrected chi connectivity index (χ1v) is 9.35. The van der Waals surface area contributed by atoms with Crippen LogP contribution in [-0.4, -0.2) is 29.1 Å². The van der Waals surface area contributed by atoms with E-state index in [9.17, 15) is 9.59 Å². The minimum atomic E-state index is -0.406. The molecule has 0 radical (unpaired) electrons. The van der Waals surface area contributed by atoms with Gasteiger partial charge in [0.15, 0.2) is 11.5 Å². The number of hydrogen-bond acceptors (Lipinski definition) is 7. The van der Waals surface area contributed by atoms with Gasteiger partial charge in [0.25, 0.3) is 5.56 Å². The van der Waals surface area contributed by atoms with Gasteiger partial charge in [-0.1, -0.05) is 6.07 Å². The fourth-order valence-corrected chi connectivity index (χ4v) is 2.81. The lowest BCUT2D eigenvalue weighted by Crippen LogP contribution is -2.17. The minimum absolute atomic E-state index is 0.0667. The van der Waals surface area contributed by atoms with Gasteiger partial charge < -0.3 is 14.2 Å². The van der Waals surface area contributed by atoms with Crippen molar-refractivity contribution in [3.63, 3.8) is 0 Å². The molecule has 0 spiro atoms. The van der Waals surface area contributed by atoms with Gasteiger partial charge in [-0.2, -0.15) is 5.26 Å². The molecule has 3 aromatic rings. The number of aryl methyl sites for hydroxylation is 1. The Labute approximate surface area is 173 Å². The average Bonchev–Trinajstić information content (AvgIpc) is 2.75. The van der Waals surface area contributed by atoms with Crippen molar-refractivity contribution >= 4 is 11.6 Å². The van der Waals surface area contributed by atoms with Crippen molar-refractivity contribution in [2.45, 2.75) is 26.4 Å². The largest absolute Gasteiger partial charge is 0.493 e. The summed E-state index contributed by atoms with van der Waals surface area (Å²) in [7, 11) is 1.49. The van der Waals surface area contributed by atoms with Gasteiger partial charge in [0.05, 0.1) is 31.0 Å². The summed E-state index contributed by atoms with van der Waals surface area (Å²) >= 11 is 0. The zero-order valence-electron chi connectivity index (χ0n) is 16.8. The Balaban J connectivity index is 1.48. The summed E-state index contributed by atoms with van der Waals surface area (Å²) in [6, 6.07) is 11.9. The standard InChI is InChI=1S/C22H21N3O5/c1-15-5-8-20-24-17(11-21(26)25(20)13-15)14-30-22(27)4-3-9-29-18-7-6-16(12-23)10-19(18)28-2/h5-8,10-11,13H,3-4,9,14H2,1-2H3. The topological polar surface area (TPSA) is 103 Å². The minimum Gasteiger partial charge on any atom is -0.493 e. The molecule has 8 heteroatoms. The maximum Gasteiger partial charge on any atom is 0.306 e. The number of pyridine rings is 1. The van der Waals surface area contributed by atoms with E-state index in [1.807, 2.05) is 19.1 Å². The van der Waals surface area contributed by atoms with Crippen molar-refractivity contribution < 1.29 is 19.0 Å². The Kier molecular flexibility index (Phi) is 6.65. The molecule has 0 saturated heterocycles. The monoisotopic (exact) mass is 407 g/mol. The van der Waals surface area contributed by atoms with Crippen molar-refractivity contribution in [3.05, 3.63) is 69.8 Å². The van der Waals surface area contributed by atoms with E-state index in [0.29, 0.717) is 34.8 Å². The predicted molar refractivity (Wildman–Crippen MR) is 108 cm³/mol. The summed E-state index contributed by atoms with van der Waals surface area (Å²) in [5.41, 5.74) is 2.10. The van der Waals surface area contributed by atoms with Crippen LogP contribution in [-0.2, 0) is 16.1 Å². The third-order valence-electron chi connectivity index (χ3n) is 4.32. The summed E-state index contributed by atoms with van der Waals surface area (Å²) in [5, 5.41) is 8.91. The molecule has 0 aliphatic rings. The predicted octanol–water partition coefficient (Wildman–Crippen LogP) is 2.79. The quantitative estimate of drug-likeness (QED) is 0.418. The molecule has 0 aliphatic heterocycles. The van der Waals surface area contributed by atoms with Gasteiger partial charge in [0.1, 0.15) is 12.3 Å². The molecule has 0 saturated carbocycles. The van der Waals surface area contributed by atoms with Crippen LogP contribution < -0.4 is 15.0 Å². The van der Waals surface area contributed by atoms with Crippen LogP contribution in [0.25, 0.3) is 5.65 Å². The number of benzene rings is 1. The lowest BCUT2D eigenvalue weighted by molar-refractivity contribution is -0.145. The fraction of sp³-hybridized carbons (Fsp3) is 0.273. The maximum absolute atomic E-state index is 12.2. The van der Waals surface area contributed by atoms with Crippen LogP contribution in [0.4, 0.5) is 0 Å². The molecule has 1 aromatic carbocycles. The molecular weight excluding hydrogens is 386 g/mol. The molecule has 3 rings (SSSR count). The van der Waals surface area contributed by atoms with Gasteiger partial charge >= 0.3 is 5.97 Å². The molecule has 0 aliphatic carbocycles. The van der Waals surface area contributed by atoms with E-state index in [2.05, 4.69) is 4.98 Å². The highest BCUT2D eigenvalue weighted by atomic mass is 16.5. The summed E-state index contributed by atoms with van der Waals surface area (Å²) in [6.07, 6.45) is 2.31. The van der Waals surface area contributed by atoms with Gasteiger partial charge in [-0.3, -0.25) is 14.0 Å². The number of hydrogen-bond donors (Lipinski definition) is 0. The van der Waals surface area contributed by atoms with Crippen LogP contribution in [0.2, 0.25) is 0 Å². The number of ether oxygens (including phenoxy) is 3. The molecule has 30 heavy (non-hydrogen) atoms. The molecule has 0 N–H and O–H groups in total. The first kappa shape index (κ1) is 20.9. The number of aromatic nitrogens is 2. The molecule has 0 atom stereocenters. The second-order valence-electron chi connectivity index (χ2n) is 6.61. The van der Waals surface area contributed by atoms with Gasteiger partial charge in [-0.05, 0) is 37.1 Å². The molecule has 0 fully saturated rings. The zero-order valence-corrected chi connectivity index (χ0v) is 16.8. The molecule has 0 unspecified atom stereocenters. The molecule has 2 aromatic heterocycles. The Morgan fingerprint density at radius 3 is 2.80 bits per heavy atom. The van der Waals surface area contributed by atoms with Crippen LogP contribution in [0.1, 0.15) is 29.7 Å². The third-order valence-corrected chi connectivity index (χ3v) is 4.32. The smallest absolute Gasteiger partial charge is 0.306 e. The molecule has 8 nitrogen and oxygen atoms in total. The van der Waals surface area contributed by atoms with Crippen LogP contribution in [0.3, 0.4) is 0 Å². The van der Waals surface area contributed by atoms with E-state index >= 15 is 0 Å². The van der Waals surface area contributed by atoms with E-state index in [1.165, 1.54) is 17.6 Å². The number of esters is 1. The summed E-state index contributed by atoms with van der Waals surface area (Å²) < 4.78 is 17.5. The number of nitrogens with zero attached hydrogens (tertiary/aromatic N) is 3. The highest BCUT2D eigenvalue weighted by Crippen LogP contribution is 2.27. The summed E-state index contributed by atoms with van der Waals surface area (Å²) in [6.45, 7) is 2.11. The van der Waals surface area contributed by atoms with Crippen LogP contribution in [0.15, 0.2) is 47.4 Å². The van der Waals surface area contributed by atoms with Gasteiger partial charge in [0.2, 0.25) is 0 Å². The summed E-state index contributed by atoms with van der Waals surface area (Å²) in [4.78, 5) is 28.5. The van der Waals surface area contributed by atoms with Crippen LogP contribution in [0, 0.1) is 18.3 Å². The Hall–Kier alpha value is -3.86. The first-order valence-electron chi connectivity index (χ1n) is 9.35. The van der Waals surface area contributed by atoms with Crippen molar-refractivity contribution in [1.29, 1.82) is 5.26 Å². The third kappa shape index (κ3) is 5.14. The van der Waals surface area contributed by atoms with Crippen LogP contribution >= 0.6 is 0 Å². The maximum atomic E-state index is 12.2. The lowest BCUT2D eigenvalue weighted by atomic mass is 10.2. The van der Waals surface area contributed by atoms with E-state index in [4.69, 9.17) is 19.5 Å². The van der Waals surface area contributed by atoms with E-state index in [-0.39, 0.29) is 25.2 Å². The number of nitriles is 1. The van der Waals surface area contributed by atoms with Crippen molar-refractivity contribution in [2.24, 2.45) is 0 Å². The summed E-state index contributed by atoms with van der Waals surface area (Å²) in [5.74, 6) is 0.553. The van der Waals surface area contributed by atoms with Gasteiger partial charge in [-0.25, -0.2) is 4.98 Å². The number of rotatable bonds is 8. The van der Waals surface area contributed by atoms with Crippen molar-refractivity contribution in [1.82, 2.24) is 9.38 Å². The Morgan fingerprint density at radius 1 is 1.20 bits per heavy atom. The Morgan fingerprint density at radius 2 is 2.03 bits per heavy atom. The number of carbonyl (C=O) groups is 1. The zero-order chi connectivity index (χ0) is 21.5. The van der Waals surface area contributed by atoms with Gasteiger partial charge in [-0.15, -0.1) is 0 Å². The van der Waals surface area contributed by atoms with E-state index < -0.39 is 5.97 Å². The second-order valence-corrected chi connectivity index (χ2v) is 6.61.